The summed E-state index contributed by atoms with van der Waals surface area (Å²) in [6, 6.07) is 11.0. The summed E-state index contributed by atoms with van der Waals surface area (Å²) in [5.41, 5.74) is 9.04. The maximum absolute atomic E-state index is 13.0. The maximum Gasteiger partial charge on any atom is 0.202 e. The molecular formula is C17H18FN4. The second-order valence-electron chi connectivity index (χ2n) is 6.58. The molecule has 3 rings (SSSR count). The van der Waals surface area contributed by atoms with Crippen LogP contribution in [0.3, 0.4) is 0 Å². The Morgan fingerprint density at radius 1 is 1.18 bits per heavy atom. The fraction of sp³-hybridized carbons (Fsp3) is 0.294. The first-order valence-corrected chi connectivity index (χ1v) is 7.14. The monoisotopic (exact) mass is 297 g/mol. The molecule has 2 aromatic heterocycles. The van der Waals surface area contributed by atoms with E-state index in [1.807, 2.05) is 16.7 Å². The highest BCUT2D eigenvalue weighted by molar-refractivity contribution is 5.77. The molecule has 5 heteroatoms. The van der Waals surface area contributed by atoms with E-state index in [2.05, 4.69) is 36.8 Å². The van der Waals surface area contributed by atoms with Crippen LogP contribution in [-0.4, -0.2) is 14.5 Å². The van der Waals surface area contributed by atoms with Crippen molar-refractivity contribution in [2.45, 2.75) is 27.3 Å². The molecule has 0 saturated carbocycles. The van der Waals surface area contributed by atoms with Gasteiger partial charge >= 0.3 is 0 Å². The molecule has 4 nitrogen and oxygen atoms in total. The van der Waals surface area contributed by atoms with E-state index in [0.717, 1.165) is 29.0 Å². The topological polar surface area (TPSA) is 56.7 Å². The molecule has 3 aromatic rings. The number of aromatic nitrogens is 3. The quantitative estimate of drug-likeness (QED) is 0.785. The van der Waals surface area contributed by atoms with Crippen LogP contribution in [0, 0.1) is 17.3 Å². The van der Waals surface area contributed by atoms with Crippen molar-refractivity contribution < 1.29 is 4.39 Å². The number of imidazole rings is 1. The standard InChI is InChI=1S/C17H18FN4/c1-17(2,3)10-22-15-14(21-16(22)19)9-8-13(20-15)11-4-6-12(18)7-5-11/h4,6-9H,10H2,1-3H3,(H2,19,21). The number of anilines is 1. The average Bonchev–Trinajstić information content (AvgIpc) is 2.74. The van der Waals surface area contributed by atoms with E-state index in [0.29, 0.717) is 5.95 Å². The molecule has 0 unspecified atom stereocenters. The lowest BCUT2D eigenvalue weighted by atomic mass is 9.97. The van der Waals surface area contributed by atoms with Gasteiger partial charge in [0.1, 0.15) is 11.3 Å². The van der Waals surface area contributed by atoms with Crippen molar-refractivity contribution in [3.63, 3.8) is 0 Å². The Bertz CT molecular complexity index is 813. The fourth-order valence-corrected chi connectivity index (χ4v) is 2.36. The first-order chi connectivity index (χ1) is 10.3. The normalized spacial score (nSPS) is 12.0. The molecule has 0 atom stereocenters. The van der Waals surface area contributed by atoms with E-state index in [4.69, 9.17) is 5.73 Å². The summed E-state index contributed by atoms with van der Waals surface area (Å²) in [5.74, 6) is 0.143. The SMILES string of the molecule is CC(C)(C)Cn1c(N)nc2ccc(-c3[c]cc(F)cc3)nc21. The predicted octanol–water partition coefficient (Wildman–Crippen LogP) is 3.67. The number of nitrogens with two attached hydrogens (primary N) is 1. The minimum atomic E-state index is -0.313. The number of halogens is 1. The minimum absolute atomic E-state index is 0.0570. The Morgan fingerprint density at radius 3 is 2.59 bits per heavy atom. The first-order valence-electron chi connectivity index (χ1n) is 7.14. The van der Waals surface area contributed by atoms with E-state index in [1.165, 1.54) is 12.1 Å². The third kappa shape index (κ3) is 2.79. The zero-order valence-electron chi connectivity index (χ0n) is 12.9. The zero-order valence-corrected chi connectivity index (χ0v) is 12.9. The molecule has 0 saturated heterocycles. The molecule has 2 N–H and O–H groups in total. The predicted molar refractivity (Wildman–Crippen MR) is 85.6 cm³/mol. The molecule has 0 aliphatic heterocycles. The van der Waals surface area contributed by atoms with Crippen LogP contribution in [-0.2, 0) is 6.54 Å². The van der Waals surface area contributed by atoms with Crippen LogP contribution in [0.2, 0.25) is 0 Å². The number of nitrogen functional groups attached to an aromatic ring is 1. The van der Waals surface area contributed by atoms with Gasteiger partial charge in [-0.05, 0) is 41.8 Å². The Morgan fingerprint density at radius 2 is 1.95 bits per heavy atom. The molecule has 1 aromatic carbocycles. The van der Waals surface area contributed by atoms with Crippen LogP contribution in [0.4, 0.5) is 10.3 Å². The molecular weight excluding hydrogens is 279 g/mol. The van der Waals surface area contributed by atoms with Gasteiger partial charge in [-0.2, -0.15) is 0 Å². The molecule has 22 heavy (non-hydrogen) atoms. The lowest BCUT2D eigenvalue weighted by Gasteiger charge is -2.19. The number of hydrogen-bond donors (Lipinski definition) is 1. The number of pyridine rings is 1. The summed E-state index contributed by atoms with van der Waals surface area (Å²) in [6.07, 6.45) is 0. The fourth-order valence-electron chi connectivity index (χ4n) is 2.36. The Kier molecular flexibility index (Phi) is 3.35. The van der Waals surface area contributed by atoms with Gasteiger partial charge in [-0.25, -0.2) is 14.4 Å². The van der Waals surface area contributed by atoms with E-state index in [1.54, 1.807) is 6.07 Å². The van der Waals surface area contributed by atoms with Crippen molar-refractivity contribution in [1.82, 2.24) is 14.5 Å². The van der Waals surface area contributed by atoms with E-state index in [-0.39, 0.29) is 11.2 Å². The van der Waals surface area contributed by atoms with Gasteiger partial charge in [-0.15, -0.1) is 0 Å². The van der Waals surface area contributed by atoms with Crippen LogP contribution in [0.5, 0.6) is 0 Å². The van der Waals surface area contributed by atoms with Crippen molar-refractivity contribution in [3.05, 3.63) is 42.2 Å². The van der Waals surface area contributed by atoms with E-state index in [9.17, 15) is 4.39 Å². The van der Waals surface area contributed by atoms with E-state index < -0.39 is 0 Å². The zero-order chi connectivity index (χ0) is 15.9. The van der Waals surface area contributed by atoms with Crippen molar-refractivity contribution in [3.8, 4) is 11.3 Å². The summed E-state index contributed by atoms with van der Waals surface area (Å²) in [4.78, 5) is 9.00. The number of benzene rings is 1. The molecule has 113 valence electrons. The van der Waals surface area contributed by atoms with Gasteiger partial charge in [0.25, 0.3) is 0 Å². The first kappa shape index (κ1) is 14.5. The van der Waals surface area contributed by atoms with Crippen molar-refractivity contribution in [2.24, 2.45) is 5.41 Å². The Labute approximate surface area is 128 Å². The third-order valence-corrected chi connectivity index (χ3v) is 3.30. The van der Waals surface area contributed by atoms with Gasteiger partial charge < -0.3 is 5.73 Å². The van der Waals surface area contributed by atoms with Crippen LogP contribution >= 0.6 is 0 Å². The van der Waals surface area contributed by atoms with E-state index >= 15 is 0 Å². The highest BCUT2D eigenvalue weighted by Gasteiger charge is 2.17. The summed E-state index contributed by atoms with van der Waals surface area (Å²) in [6.45, 7) is 7.13. The van der Waals surface area contributed by atoms with Gasteiger partial charge in [0.2, 0.25) is 5.95 Å². The average molecular weight is 297 g/mol. The lowest BCUT2D eigenvalue weighted by Crippen LogP contribution is -2.17. The largest absolute Gasteiger partial charge is 0.369 e. The van der Waals surface area contributed by atoms with Gasteiger partial charge in [0, 0.05) is 12.1 Å². The summed E-state index contributed by atoms with van der Waals surface area (Å²) in [7, 11) is 0. The number of nitrogens with zero attached hydrogens (tertiary/aromatic N) is 3. The van der Waals surface area contributed by atoms with Crippen LogP contribution in [0.1, 0.15) is 20.8 Å². The highest BCUT2D eigenvalue weighted by Crippen LogP contribution is 2.26. The minimum Gasteiger partial charge on any atom is -0.369 e. The second kappa shape index (κ2) is 5.09. The lowest BCUT2D eigenvalue weighted by molar-refractivity contribution is 0.350. The van der Waals surface area contributed by atoms with Crippen molar-refractivity contribution >= 4 is 17.1 Å². The molecule has 1 radical (unpaired) electrons. The third-order valence-electron chi connectivity index (χ3n) is 3.30. The molecule has 0 fully saturated rings. The molecule has 0 spiro atoms. The number of fused-ring (bicyclic) bond motifs is 1. The number of hydrogen-bond acceptors (Lipinski definition) is 3. The molecule has 0 bridgehead atoms. The Hall–Kier alpha value is -2.43. The smallest absolute Gasteiger partial charge is 0.202 e. The summed E-state index contributed by atoms with van der Waals surface area (Å²) < 4.78 is 14.9. The van der Waals surface area contributed by atoms with Crippen LogP contribution < -0.4 is 5.73 Å². The van der Waals surface area contributed by atoms with Gasteiger partial charge in [-0.1, -0.05) is 20.8 Å². The molecule has 0 amide bonds. The van der Waals surface area contributed by atoms with Crippen LogP contribution in [0.25, 0.3) is 22.4 Å². The van der Waals surface area contributed by atoms with Crippen LogP contribution in [0.15, 0.2) is 30.3 Å². The number of rotatable bonds is 2. The summed E-state index contributed by atoms with van der Waals surface area (Å²) in [5, 5.41) is 0. The summed E-state index contributed by atoms with van der Waals surface area (Å²) >= 11 is 0. The second-order valence-corrected chi connectivity index (χ2v) is 6.58. The highest BCUT2D eigenvalue weighted by atomic mass is 19.1. The molecule has 0 aliphatic rings. The van der Waals surface area contributed by atoms with Crippen molar-refractivity contribution in [1.29, 1.82) is 0 Å². The molecule has 0 aliphatic carbocycles. The Balaban J connectivity index is 2.12. The molecule has 2 heterocycles. The van der Waals surface area contributed by atoms with Gasteiger partial charge in [0.05, 0.1) is 5.69 Å². The van der Waals surface area contributed by atoms with Gasteiger partial charge in [0.15, 0.2) is 5.65 Å². The van der Waals surface area contributed by atoms with Gasteiger partial charge in [-0.3, -0.25) is 4.57 Å². The maximum atomic E-state index is 13.0. The van der Waals surface area contributed by atoms with Crippen molar-refractivity contribution in [2.75, 3.05) is 5.73 Å².